The molecule has 0 saturated heterocycles. The van der Waals surface area contributed by atoms with Crippen molar-refractivity contribution in [2.45, 2.75) is 33.1 Å². The van der Waals surface area contributed by atoms with Crippen molar-refractivity contribution in [1.82, 2.24) is 19.7 Å². The summed E-state index contributed by atoms with van der Waals surface area (Å²) in [7, 11) is 1.55. The van der Waals surface area contributed by atoms with Crippen LogP contribution in [0.15, 0.2) is 24.3 Å². The number of nitrogens with zero attached hydrogens (tertiary/aromatic N) is 4. The highest BCUT2D eigenvalue weighted by molar-refractivity contribution is 5.90. The van der Waals surface area contributed by atoms with Crippen LogP contribution < -0.4 is 0 Å². The summed E-state index contributed by atoms with van der Waals surface area (Å²) in [5.41, 5.74) is 2.01. The number of benzene rings is 1. The molecule has 7 heteroatoms. The molecule has 1 aromatic heterocycles. The van der Waals surface area contributed by atoms with Gasteiger partial charge in [-0.15, -0.1) is 5.10 Å². The Bertz CT molecular complexity index is 752. The lowest BCUT2D eigenvalue weighted by molar-refractivity contribution is -0.137. The molecule has 0 unspecified atom stereocenters. The molecule has 0 fully saturated rings. The van der Waals surface area contributed by atoms with Gasteiger partial charge in [-0.3, -0.25) is 9.59 Å². The molecule has 0 radical (unpaired) electrons. The minimum atomic E-state index is -0.949. The fourth-order valence-corrected chi connectivity index (χ4v) is 2.41. The van der Waals surface area contributed by atoms with Crippen LogP contribution in [0.4, 0.5) is 0 Å². The Labute approximate surface area is 140 Å². The van der Waals surface area contributed by atoms with E-state index in [9.17, 15) is 9.59 Å². The average molecular weight is 330 g/mol. The van der Waals surface area contributed by atoms with Crippen LogP contribution in [0, 0.1) is 6.92 Å². The molecule has 128 valence electrons. The monoisotopic (exact) mass is 330 g/mol. The molecule has 0 saturated carbocycles. The summed E-state index contributed by atoms with van der Waals surface area (Å²) in [6.07, 6.45) is -0.113. The van der Waals surface area contributed by atoms with Gasteiger partial charge >= 0.3 is 5.97 Å². The predicted octanol–water partition coefficient (Wildman–Crippen LogP) is 2.25. The van der Waals surface area contributed by atoms with Gasteiger partial charge in [-0.05, 0) is 24.5 Å². The molecule has 1 aromatic carbocycles. The summed E-state index contributed by atoms with van der Waals surface area (Å²) in [5, 5.41) is 13.1. The van der Waals surface area contributed by atoms with E-state index in [2.05, 4.69) is 23.9 Å². The molecule has 2 aromatic rings. The number of aliphatic carboxylic acids is 1. The maximum Gasteiger partial charge on any atom is 0.305 e. The standard InChI is InChI=1S/C17H22N4O3/c1-11(2)13-7-5-6-8-14(13)21-12(3)18-16(19-21)17(24)20(4)10-9-15(22)23/h5-8,11H,9-10H2,1-4H3,(H,22,23). The number of rotatable bonds is 6. The van der Waals surface area contributed by atoms with E-state index in [-0.39, 0.29) is 24.7 Å². The lowest BCUT2D eigenvalue weighted by Gasteiger charge is -2.14. The number of aromatic nitrogens is 3. The number of amides is 1. The van der Waals surface area contributed by atoms with Gasteiger partial charge in [-0.1, -0.05) is 32.0 Å². The second kappa shape index (κ2) is 7.25. The zero-order valence-corrected chi connectivity index (χ0v) is 14.4. The quantitative estimate of drug-likeness (QED) is 0.877. The first-order valence-corrected chi connectivity index (χ1v) is 7.81. The van der Waals surface area contributed by atoms with Gasteiger partial charge in [0.1, 0.15) is 5.82 Å². The second-order valence-corrected chi connectivity index (χ2v) is 5.98. The molecular formula is C17H22N4O3. The smallest absolute Gasteiger partial charge is 0.305 e. The third-order valence-electron chi connectivity index (χ3n) is 3.75. The molecule has 1 amide bonds. The van der Waals surface area contributed by atoms with Gasteiger partial charge in [0, 0.05) is 13.6 Å². The largest absolute Gasteiger partial charge is 0.481 e. The predicted molar refractivity (Wildman–Crippen MR) is 89.4 cm³/mol. The van der Waals surface area contributed by atoms with E-state index >= 15 is 0 Å². The van der Waals surface area contributed by atoms with Gasteiger partial charge in [0.05, 0.1) is 12.1 Å². The van der Waals surface area contributed by atoms with Gasteiger partial charge in [0.15, 0.2) is 0 Å². The lowest BCUT2D eigenvalue weighted by Crippen LogP contribution is -2.30. The van der Waals surface area contributed by atoms with E-state index in [0.29, 0.717) is 11.7 Å². The molecule has 0 aliphatic carbocycles. The van der Waals surface area contributed by atoms with Crippen LogP contribution in [0.25, 0.3) is 5.69 Å². The number of hydrogen-bond donors (Lipinski definition) is 1. The van der Waals surface area contributed by atoms with Crippen molar-refractivity contribution >= 4 is 11.9 Å². The SMILES string of the molecule is Cc1nc(C(=O)N(C)CCC(=O)O)nn1-c1ccccc1C(C)C. The number of carbonyl (C=O) groups excluding carboxylic acids is 1. The Morgan fingerprint density at radius 1 is 1.29 bits per heavy atom. The van der Waals surface area contributed by atoms with Crippen molar-refractivity contribution in [1.29, 1.82) is 0 Å². The first-order valence-electron chi connectivity index (χ1n) is 7.81. The van der Waals surface area contributed by atoms with Crippen LogP contribution in [-0.2, 0) is 4.79 Å². The van der Waals surface area contributed by atoms with E-state index in [4.69, 9.17) is 5.11 Å². The lowest BCUT2D eigenvalue weighted by atomic mass is 10.0. The highest BCUT2D eigenvalue weighted by Gasteiger charge is 2.20. The maximum absolute atomic E-state index is 12.4. The fourth-order valence-electron chi connectivity index (χ4n) is 2.41. The first-order chi connectivity index (χ1) is 11.3. The summed E-state index contributed by atoms with van der Waals surface area (Å²) in [6, 6.07) is 7.86. The van der Waals surface area contributed by atoms with Crippen LogP contribution >= 0.6 is 0 Å². The summed E-state index contributed by atoms with van der Waals surface area (Å²) >= 11 is 0. The number of para-hydroxylation sites is 1. The van der Waals surface area contributed by atoms with E-state index in [1.54, 1.807) is 18.7 Å². The molecule has 7 nitrogen and oxygen atoms in total. The van der Waals surface area contributed by atoms with Crippen molar-refractivity contribution in [3.8, 4) is 5.69 Å². The van der Waals surface area contributed by atoms with Crippen molar-refractivity contribution < 1.29 is 14.7 Å². The summed E-state index contributed by atoms with van der Waals surface area (Å²) < 4.78 is 1.66. The minimum Gasteiger partial charge on any atom is -0.481 e. The molecule has 0 aliphatic heterocycles. The van der Waals surface area contributed by atoms with Crippen LogP contribution in [-0.4, -0.2) is 50.2 Å². The Morgan fingerprint density at radius 2 is 1.96 bits per heavy atom. The Kier molecular flexibility index (Phi) is 5.33. The molecule has 1 heterocycles. The van der Waals surface area contributed by atoms with Crippen LogP contribution in [0.5, 0.6) is 0 Å². The highest BCUT2D eigenvalue weighted by atomic mass is 16.4. The number of carboxylic acid groups (broad SMARTS) is 1. The zero-order chi connectivity index (χ0) is 17.9. The third kappa shape index (κ3) is 3.79. The molecular weight excluding hydrogens is 308 g/mol. The van der Waals surface area contributed by atoms with Crippen LogP contribution in [0.2, 0.25) is 0 Å². The average Bonchev–Trinajstić information content (AvgIpc) is 2.93. The van der Waals surface area contributed by atoms with Gasteiger partial charge in [-0.25, -0.2) is 9.67 Å². The molecule has 0 spiro atoms. The number of aryl methyl sites for hydroxylation is 1. The Hall–Kier alpha value is -2.70. The van der Waals surface area contributed by atoms with Crippen LogP contribution in [0.3, 0.4) is 0 Å². The Morgan fingerprint density at radius 3 is 2.58 bits per heavy atom. The fraction of sp³-hybridized carbons (Fsp3) is 0.412. The van der Waals surface area contributed by atoms with Crippen molar-refractivity contribution in [2.24, 2.45) is 0 Å². The summed E-state index contributed by atoms with van der Waals surface area (Å²) in [5.74, 6) is -0.352. The van der Waals surface area contributed by atoms with E-state index in [0.717, 1.165) is 11.3 Å². The third-order valence-corrected chi connectivity index (χ3v) is 3.75. The first kappa shape index (κ1) is 17.7. The number of carboxylic acids is 1. The molecule has 0 atom stereocenters. The normalized spacial score (nSPS) is 10.9. The minimum absolute atomic E-state index is 0.0685. The van der Waals surface area contributed by atoms with E-state index < -0.39 is 5.97 Å². The molecule has 24 heavy (non-hydrogen) atoms. The van der Waals surface area contributed by atoms with Gasteiger partial charge in [0.25, 0.3) is 5.91 Å². The topological polar surface area (TPSA) is 88.3 Å². The van der Waals surface area contributed by atoms with Gasteiger partial charge in [0.2, 0.25) is 5.82 Å². The van der Waals surface area contributed by atoms with Crippen molar-refractivity contribution in [2.75, 3.05) is 13.6 Å². The summed E-state index contributed by atoms with van der Waals surface area (Å²) in [6.45, 7) is 6.09. The summed E-state index contributed by atoms with van der Waals surface area (Å²) in [4.78, 5) is 28.6. The van der Waals surface area contributed by atoms with E-state index in [1.165, 1.54) is 4.90 Å². The van der Waals surface area contributed by atoms with Crippen molar-refractivity contribution in [3.05, 3.63) is 41.5 Å². The van der Waals surface area contributed by atoms with Gasteiger partial charge in [-0.2, -0.15) is 0 Å². The maximum atomic E-state index is 12.4. The molecule has 0 aliphatic rings. The molecule has 0 bridgehead atoms. The van der Waals surface area contributed by atoms with Crippen LogP contribution in [0.1, 0.15) is 48.2 Å². The number of hydrogen-bond acceptors (Lipinski definition) is 4. The highest BCUT2D eigenvalue weighted by Crippen LogP contribution is 2.23. The number of carbonyl (C=O) groups is 2. The Balaban J connectivity index is 2.31. The molecule has 1 N–H and O–H groups in total. The van der Waals surface area contributed by atoms with Crippen molar-refractivity contribution in [3.63, 3.8) is 0 Å². The van der Waals surface area contributed by atoms with E-state index in [1.807, 2.05) is 24.3 Å². The molecule has 2 rings (SSSR count). The van der Waals surface area contributed by atoms with Gasteiger partial charge < -0.3 is 10.0 Å². The second-order valence-electron chi connectivity index (χ2n) is 5.98. The zero-order valence-electron chi connectivity index (χ0n) is 14.4.